The molecule has 0 aliphatic rings. The monoisotopic (exact) mass is 542 g/mol. The van der Waals surface area contributed by atoms with Crippen molar-refractivity contribution in [2.75, 3.05) is 0 Å². The number of aromatic amines is 1. The van der Waals surface area contributed by atoms with Gasteiger partial charge in [0.1, 0.15) is 5.75 Å². The molecule has 0 saturated carbocycles. The van der Waals surface area contributed by atoms with E-state index in [0.29, 0.717) is 17.9 Å². The fourth-order valence-electron chi connectivity index (χ4n) is 3.61. The smallest absolute Gasteiger partial charge is 0.303 e. The molecule has 4 rings (SSSR count). The highest BCUT2D eigenvalue weighted by atomic mass is 79.9. The Balaban J connectivity index is 1.67. The van der Waals surface area contributed by atoms with E-state index in [1.54, 1.807) is 6.20 Å². The summed E-state index contributed by atoms with van der Waals surface area (Å²) >= 11 is 7.12. The van der Waals surface area contributed by atoms with E-state index in [1.165, 1.54) is 5.56 Å². The summed E-state index contributed by atoms with van der Waals surface area (Å²) in [6.45, 7) is 2.13. The van der Waals surface area contributed by atoms with E-state index in [0.717, 1.165) is 43.2 Å². The Morgan fingerprint density at radius 1 is 1.13 bits per heavy atom. The molecular weight excluding hydrogens is 524 g/mol. The Morgan fingerprint density at radius 2 is 1.90 bits per heavy atom. The molecule has 31 heavy (non-hydrogen) atoms. The van der Waals surface area contributed by atoms with Crippen LogP contribution in [0.2, 0.25) is 0 Å². The van der Waals surface area contributed by atoms with Gasteiger partial charge in [0.05, 0.1) is 20.3 Å². The topological polar surface area (TPSA) is 75.2 Å². The van der Waals surface area contributed by atoms with Crippen molar-refractivity contribution >= 4 is 48.7 Å². The summed E-state index contributed by atoms with van der Waals surface area (Å²) in [6.07, 6.45) is 3.20. The Morgan fingerprint density at radius 3 is 2.55 bits per heavy atom. The maximum absolute atomic E-state index is 10.8. The fraction of sp³-hybridized carbons (Fsp3) is 0.167. The first-order valence-electron chi connectivity index (χ1n) is 9.89. The van der Waals surface area contributed by atoms with Crippen LogP contribution >= 0.6 is 31.9 Å². The number of aromatic nitrogens is 2. The van der Waals surface area contributed by atoms with Gasteiger partial charge >= 0.3 is 5.97 Å². The second kappa shape index (κ2) is 9.24. The van der Waals surface area contributed by atoms with Crippen LogP contribution < -0.4 is 4.74 Å². The maximum Gasteiger partial charge on any atom is 0.303 e. The summed E-state index contributed by atoms with van der Waals surface area (Å²) < 4.78 is 7.73. The van der Waals surface area contributed by atoms with Crippen LogP contribution in [-0.2, 0) is 17.6 Å². The van der Waals surface area contributed by atoms with E-state index in [9.17, 15) is 4.79 Å². The fourth-order valence-corrected chi connectivity index (χ4v) is 5.05. The number of rotatable bonds is 7. The number of hydrogen-bond acceptors (Lipinski definition) is 3. The third-order valence-electron chi connectivity index (χ3n) is 5.06. The van der Waals surface area contributed by atoms with Crippen LogP contribution in [0.15, 0.2) is 63.7 Å². The van der Waals surface area contributed by atoms with E-state index in [1.807, 2.05) is 48.5 Å². The number of aryl methyl sites for hydroxylation is 2. The molecule has 0 saturated heterocycles. The first-order valence-corrected chi connectivity index (χ1v) is 11.5. The molecular formula is C24H20Br2N2O3. The Labute approximate surface area is 196 Å². The molecule has 0 fully saturated rings. The lowest BCUT2D eigenvalue weighted by atomic mass is 10.1. The van der Waals surface area contributed by atoms with E-state index in [-0.39, 0.29) is 6.42 Å². The number of aliphatic carboxylic acids is 1. The van der Waals surface area contributed by atoms with Gasteiger partial charge in [-0.05, 0) is 98.3 Å². The highest BCUT2D eigenvalue weighted by molar-refractivity contribution is 9.11. The lowest BCUT2D eigenvalue weighted by Crippen LogP contribution is -1.98. The third-order valence-corrected chi connectivity index (χ3v) is 6.24. The quantitative estimate of drug-likeness (QED) is 0.260. The molecule has 0 atom stereocenters. The molecule has 5 nitrogen and oxygen atoms in total. The molecule has 0 amide bonds. The number of hydrogen-bond donors (Lipinski definition) is 2. The maximum atomic E-state index is 10.8. The largest absolute Gasteiger partial charge is 0.481 e. The van der Waals surface area contributed by atoms with Gasteiger partial charge < -0.3 is 14.8 Å². The molecule has 158 valence electrons. The minimum atomic E-state index is -0.816. The zero-order valence-corrected chi connectivity index (χ0v) is 20.0. The molecule has 4 aromatic rings. The summed E-state index contributed by atoms with van der Waals surface area (Å²) in [6, 6.07) is 15.7. The molecule has 0 bridgehead atoms. The number of carboxylic acid groups (broad SMARTS) is 1. The first-order chi connectivity index (χ1) is 15.0. The number of carboxylic acids is 1. The highest BCUT2D eigenvalue weighted by Crippen LogP contribution is 2.40. The van der Waals surface area contributed by atoms with Gasteiger partial charge in [-0.25, -0.2) is 0 Å². The standard InChI is InChI=1S/C24H20Br2N2O3/c1-2-16-17-13-15(7-8-20(17)28-23(16)21-5-3-4-10-27-21)31-24-18(25)11-14(12-19(24)26)6-9-22(29)30/h3-5,7-8,10-13,28H,2,6,9H2,1H3,(H,29,30). The van der Waals surface area contributed by atoms with Crippen LogP contribution in [0.4, 0.5) is 0 Å². The Kier molecular flexibility index (Phi) is 6.43. The summed E-state index contributed by atoms with van der Waals surface area (Å²) in [5.41, 5.74) is 5.09. The lowest BCUT2D eigenvalue weighted by Gasteiger charge is -2.12. The molecule has 0 spiro atoms. The molecule has 7 heteroatoms. The molecule has 0 radical (unpaired) electrons. The number of ether oxygens (including phenoxy) is 1. The average molecular weight is 544 g/mol. The van der Waals surface area contributed by atoms with Crippen molar-refractivity contribution in [1.82, 2.24) is 9.97 Å². The van der Waals surface area contributed by atoms with Crippen LogP contribution in [-0.4, -0.2) is 21.0 Å². The predicted molar refractivity (Wildman–Crippen MR) is 129 cm³/mol. The normalized spacial score (nSPS) is 11.1. The third kappa shape index (κ3) is 4.67. The molecule has 2 N–H and O–H groups in total. The van der Waals surface area contributed by atoms with E-state index >= 15 is 0 Å². The highest BCUT2D eigenvalue weighted by Gasteiger charge is 2.15. The van der Waals surface area contributed by atoms with Crippen molar-refractivity contribution in [2.45, 2.75) is 26.2 Å². The number of halogens is 2. The van der Waals surface area contributed by atoms with Crippen LogP contribution in [0, 0.1) is 0 Å². The summed E-state index contributed by atoms with van der Waals surface area (Å²) in [5, 5.41) is 10.0. The Bertz CT molecular complexity index is 1230. The van der Waals surface area contributed by atoms with E-state index in [2.05, 4.69) is 48.8 Å². The van der Waals surface area contributed by atoms with Gasteiger partial charge in [0.2, 0.25) is 0 Å². The van der Waals surface area contributed by atoms with Crippen molar-refractivity contribution in [3.05, 3.63) is 74.8 Å². The summed E-state index contributed by atoms with van der Waals surface area (Å²) in [7, 11) is 0. The van der Waals surface area contributed by atoms with Crippen molar-refractivity contribution in [1.29, 1.82) is 0 Å². The van der Waals surface area contributed by atoms with Gasteiger partial charge in [-0.2, -0.15) is 0 Å². The minimum absolute atomic E-state index is 0.0850. The molecule has 0 aliphatic heterocycles. The van der Waals surface area contributed by atoms with Crippen molar-refractivity contribution in [3.8, 4) is 22.9 Å². The zero-order valence-electron chi connectivity index (χ0n) is 16.8. The molecule has 0 aliphatic carbocycles. The summed E-state index contributed by atoms with van der Waals surface area (Å²) in [5.74, 6) is 0.551. The van der Waals surface area contributed by atoms with E-state index < -0.39 is 5.97 Å². The van der Waals surface area contributed by atoms with Gasteiger partial charge in [0, 0.05) is 23.5 Å². The van der Waals surface area contributed by atoms with Gasteiger partial charge in [-0.1, -0.05) is 13.0 Å². The van der Waals surface area contributed by atoms with Crippen molar-refractivity contribution in [2.24, 2.45) is 0 Å². The minimum Gasteiger partial charge on any atom is -0.481 e. The molecule has 0 unspecified atom stereocenters. The zero-order chi connectivity index (χ0) is 22.0. The van der Waals surface area contributed by atoms with Gasteiger partial charge in [0.15, 0.2) is 5.75 Å². The van der Waals surface area contributed by atoms with Crippen LogP contribution in [0.3, 0.4) is 0 Å². The van der Waals surface area contributed by atoms with Crippen molar-refractivity contribution in [3.63, 3.8) is 0 Å². The number of benzene rings is 2. The second-order valence-electron chi connectivity index (χ2n) is 7.14. The second-order valence-corrected chi connectivity index (χ2v) is 8.85. The SMILES string of the molecule is CCc1c(-c2ccccn2)[nH]c2ccc(Oc3c(Br)cc(CCC(=O)O)cc3Br)cc12. The number of nitrogens with zero attached hydrogens (tertiary/aromatic N) is 1. The van der Waals surface area contributed by atoms with Crippen LogP contribution in [0.5, 0.6) is 11.5 Å². The molecule has 2 aromatic heterocycles. The average Bonchev–Trinajstić information content (AvgIpc) is 3.13. The first kappa shape index (κ1) is 21.6. The van der Waals surface area contributed by atoms with Crippen LogP contribution in [0.1, 0.15) is 24.5 Å². The number of H-pyrrole nitrogens is 1. The molecule has 2 heterocycles. The van der Waals surface area contributed by atoms with E-state index in [4.69, 9.17) is 9.84 Å². The lowest BCUT2D eigenvalue weighted by molar-refractivity contribution is -0.136. The van der Waals surface area contributed by atoms with Gasteiger partial charge in [-0.15, -0.1) is 0 Å². The van der Waals surface area contributed by atoms with Gasteiger partial charge in [-0.3, -0.25) is 9.78 Å². The number of nitrogens with one attached hydrogen (secondary N) is 1. The number of fused-ring (bicyclic) bond motifs is 1. The number of pyridine rings is 1. The predicted octanol–water partition coefficient (Wildman–Crippen LogP) is 7.13. The molecule has 2 aromatic carbocycles. The number of carbonyl (C=O) groups is 1. The van der Waals surface area contributed by atoms with Crippen molar-refractivity contribution < 1.29 is 14.6 Å². The van der Waals surface area contributed by atoms with Crippen LogP contribution in [0.25, 0.3) is 22.3 Å². The summed E-state index contributed by atoms with van der Waals surface area (Å²) in [4.78, 5) is 18.8. The van der Waals surface area contributed by atoms with Gasteiger partial charge in [0.25, 0.3) is 0 Å². The Hall–Kier alpha value is -2.64.